The molecule has 0 aromatic carbocycles. The molecule has 1 heterocycles. The van der Waals surface area contributed by atoms with Crippen molar-refractivity contribution in [2.24, 2.45) is 5.92 Å². The Morgan fingerprint density at radius 1 is 1.56 bits per heavy atom. The molecule has 4 atom stereocenters. The summed E-state index contributed by atoms with van der Waals surface area (Å²) in [6, 6.07) is 0. The Bertz CT molecular complexity index is 244. The molecule has 1 saturated heterocycles. The predicted octanol–water partition coefficient (Wildman–Crippen LogP) is 2.08. The van der Waals surface area contributed by atoms with E-state index in [0.29, 0.717) is 13.0 Å². The zero-order chi connectivity index (χ0) is 14.3. The van der Waals surface area contributed by atoms with Gasteiger partial charge in [0, 0.05) is 7.98 Å². The van der Waals surface area contributed by atoms with E-state index in [1.807, 2.05) is 0 Å². The molecule has 2 N–H and O–H groups in total. The molecule has 1 aliphatic heterocycles. The molecular weight excluding hydrogens is 232 g/mol. The summed E-state index contributed by atoms with van der Waals surface area (Å²) in [5, 5.41) is 19.2. The standard InChI is InChI=1S/C14H28O4/c1-3-14(16,11-15)8-7-12(2)10-18-13-6-4-5-9-17-13/h12-13,15-16H,3-11H2,1-2H3/t12-,13?,14-/m1/s1/i3D/t3?,12-,13?,14-. The van der Waals surface area contributed by atoms with E-state index in [0.717, 1.165) is 32.3 Å². The van der Waals surface area contributed by atoms with Crippen LogP contribution in [0.5, 0.6) is 0 Å². The fourth-order valence-electron chi connectivity index (χ4n) is 2.01. The average Bonchev–Trinajstić information content (AvgIpc) is 2.43. The lowest BCUT2D eigenvalue weighted by atomic mass is 9.92. The van der Waals surface area contributed by atoms with Crippen molar-refractivity contribution in [3.63, 3.8) is 0 Å². The van der Waals surface area contributed by atoms with Gasteiger partial charge in [-0.1, -0.05) is 13.8 Å². The van der Waals surface area contributed by atoms with E-state index in [-0.39, 0.29) is 18.8 Å². The third-order valence-corrected chi connectivity index (χ3v) is 3.59. The van der Waals surface area contributed by atoms with Gasteiger partial charge in [0.05, 0.1) is 18.8 Å². The Hall–Kier alpha value is -0.160. The summed E-state index contributed by atoms with van der Waals surface area (Å²) in [5.74, 6) is 0.280. The number of hydrogen-bond acceptors (Lipinski definition) is 4. The first-order valence-electron chi connectivity index (χ1n) is 7.54. The average molecular weight is 261 g/mol. The van der Waals surface area contributed by atoms with Crippen molar-refractivity contribution in [2.45, 2.75) is 64.2 Å². The van der Waals surface area contributed by atoms with E-state index in [1.165, 1.54) is 0 Å². The minimum atomic E-state index is -1.30. The number of hydrogen-bond donors (Lipinski definition) is 2. The van der Waals surface area contributed by atoms with Gasteiger partial charge in [-0.15, -0.1) is 0 Å². The topological polar surface area (TPSA) is 58.9 Å². The van der Waals surface area contributed by atoms with Crippen LogP contribution in [0.15, 0.2) is 0 Å². The molecule has 1 fully saturated rings. The maximum absolute atomic E-state index is 10.1. The van der Waals surface area contributed by atoms with Crippen LogP contribution in [-0.4, -0.2) is 41.9 Å². The Balaban J connectivity index is 2.21. The molecule has 0 saturated carbocycles. The zero-order valence-corrected chi connectivity index (χ0v) is 11.6. The minimum absolute atomic E-state index is 0.0805. The zero-order valence-electron chi connectivity index (χ0n) is 12.6. The van der Waals surface area contributed by atoms with Crippen molar-refractivity contribution in [1.29, 1.82) is 0 Å². The van der Waals surface area contributed by atoms with Crippen LogP contribution in [0.25, 0.3) is 0 Å². The third-order valence-electron chi connectivity index (χ3n) is 3.59. The molecule has 0 amide bonds. The Morgan fingerprint density at radius 3 is 2.89 bits per heavy atom. The summed E-state index contributed by atoms with van der Waals surface area (Å²) in [4.78, 5) is 0. The molecule has 2 unspecified atom stereocenters. The van der Waals surface area contributed by atoms with Crippen molar-refractivity contribution in [2.75, 3.05) is 19.8 Å². The van der Waals surface area contributed by atoms with E-state index in [9.17, 15) is 10.2 Å². The molecule has 4 nitrogen and oxygen atoms in total. The van der Waals surface area contributed by atoms with Gasteiger partial charge >= 0.3 is 0 Å². The van der Waals surface area contributed by atoms with E-state index < -0.39 is 12.0 Å². The van der Waals surface area contributed by atoms with Gasteiger partial charge in [-0.3, -0.25) is 0 Å². The lowest BCUT2D eigenvalue weighted by molar-refractivity contribution is -0.169. The Kier molecular flexibility index (Phi) is 6.41. The van der Waals surface area contributed by atoms with Crippen molar-refractivity contribution in [3.05, 3.63) is 0 Å². The van der Waals surface area contributed by atoms with Crippen LogP contribution in [0, 0.1) is 5.92 Å². The first-order valence-corrected chi connectivity index (χ1v) is 6.96. The van der Waals surface area contributed by atoms with Crippen molar-refractivity contribution in [3.8, 4) is 0 Å². The van der Waals surface area contributed by atoms with E-state index in [1.54, 1.807) is 6.92 Å². The maximum Gasteiger partial charge on any atom is 0.157 e. The van der Waals surface area contributed by atoms with Crippen LogP contribution in [-0.2, 0) is 9.47 Å². The van der Waals surface area contributed by atoms with Gasteiger partial charge in [0.2, 0.25) is 0 Å². The van der Waals surface area contributed by atoms with Crippen molar-refractivity contribution in [1.82, 2.24) is 0 Å². The quantitative estimate of drug-likeness (QED) is 0.702. The van der Waals surface area contributed by atoms with Gasteiger partial charge in [0.25, 0.3) is 0 Å². The Labute approximate surface area is 112 Å². The molecule has 0 aliphatic carbocycles. The van der Waals surface area contributed by atoms with Crippen LogP contribution in [0.3, 0.4) is 0 Å². The van der Waals surface area contributed by atoms with Crippen LogP contribution in [0.1, 0.15) is 53.7 Å². The molecule has 0 aromatic rings. The second kappa shape index (κ2) is 8.10. The summed E-state index contributed by atoms with van der Waals surface area (Å²) in [5.41, 5.74) is -1.30. The summed E-state index contributed by atoms with van der Waals surface area (Å²) < 4.78 is 18.8. The summed E-state index contributed by atoms with van der Waals surface area (Å²) in [6.07, 6.45) is 3.60. The van der Waals surface area contributed by atoms with Gasteiger partial charge in [-0.05, 0) is 44.4 Å². The summed E-state index contributed by atoms with van der Waals surface area (Å²) in [6.45, 7) is 4.66. The van der Waals surface area contributed by atoms with Gasteiger partial charge in [0.15, 0.2) is 6.29 Å². The molecule has 1 rings (SSSR count). The van der Waals surface area contributed by atoms with Gasteiger partial charge in [0.1, 0.15) is 0 Å². The number of aliphatic hydroxyl groups is 2. The molecule has 4 heteroatoms. The first kappa shape index (κ1) is 14.3. The molecule has 0 radical (unpaired) electrons. The minimum Gasteiger partial charge on any atom is -0.393 e. The second-order valence-corrected chi connectivity index (χ2v) is 5.32. The predicted molar refractivity (Wildman–Crippen MR) is 70.3 cm³/mol. The van der Waals surface area contributed by atoms with E-state index >= 15 is 0 Å². The van der Waals surface area contributed by atoms with E-state index in [4.69, 9.17) is 10.8 Å². The second-order valence-electron chi connectivity index (χ2n) is 5.32. The molecular formula is C14H28O4. The number of ether oxygens (including phenoxy) is 2. The van der Waals surface area contributed by atoms with Crippen LogP contribution >= 0.6 is 0 Å². The SMILES string of the molecule is [2H]C(C)[C@](O)(CO)CC[C@@H](C)COC1CCCCO1. The largest absolute Gasteiger partial charge is 0.393 e. The highest BCUT2D eigenvalue weighted by molar-refractivity contribution is 4.76. The van der Waals surface area contributed by atoms with Gasteiger partial charge in [-0.25, -0.2) is 0 Å². The maximum atomic E-state index is 10.1. The Morgan fingerprint density at radius 2 is 2.33 bits per heavy atom. The lowest BCUT2D eigenvalue weighted by Crippen LogP contribution is -2.33. The lowest BCUT2D eigenvalue weighted by Gasteiger charge is -2.27. The van der Waals surface area contributed by atoms with Crippen LogP contribution in [0.4, 0.5) is 0 Å². The fourth-order valence-corrected chi connectivity index (χ4v) is 2.01. The number of aliphatic hydroxyl groups excluding tert-OH is 1. The van der Waals surface area contributed by atoms with Gasteiger partial charge in [-0.2, -0.15) is 0 Å². The smallest absolute Gasteiger partial charge is 0.157 e. The van der Waals surface area contributed by atoms with Crippen molar-refractivity contribution < 1.29 is 21.1 Å². The normalized spacial score (nSPS) is 28.2. The fraction of sp³-hybridized carbons (Fsp3) is 1.00. The highest BCUT2D eigenvalue weighted by atomic mass is 16.7. The highest BCUT2D eigenvalue weighted by Crippen LogP contribution is 2.21. The molecule has 0 spiro atoms. The van der Waals surface area contributed by atoms with Gasteiger partial charge < -0.3 is 19.7 Å². The van der Waals surface area contributed by atoms with Crippen LogP contribution < -0.4 is 0 Å². The third kappa shape index (κ3) is 5.65. The summed E-state index contributed by atoms with van der Waals surface area (Å²) >= 11 is 0. The molecule has 0 aromatic heterocycles. The highest BCUT2D eigenvalue weighted by Gasteiger charge is 2.24. The monoisotopic (exact) mass is 261 g/mol. The first-order chi connectivity index (χ1) is 8.98. The van der Waals surface area contributed by atoms with Crippen LogP contribution in [0.2, 0.25) is 0 Å². The van der Waals surface area contributed by atoms with E-state index in [2.05, 4.69) is 6.92 Å². The van der Waals surface area contributed by atoms with Crippen molar-refractivity contribution >= 4 is 0 Å². The number of rotatable bonds is 8. The molecule has 18 heavy (non-hydrogen) atoms. The molecule has 1 aliphatic rings. The summed E-state index contributed by atoms with van der Waals surface area (Å²) in [7, 11) is 0. The molecule has 0 bridgehead atoms. The molecule has 108 valence electrons.